The summed E-state index contributed by atoms with van der Waals surface area (Å²) in [5.41, 5.74) is 6.16. The van der Waals surface area contributed by atoms with Crippen LogP contribution < -0.4 is 5.73 Å². The molecule has 17 heavy (non-hydrogen) atoms. The molecule has 0 aliphatic carbocycles. The Labute approximate surface area is 104 Å². The highest BCUT2D eigenvalue weighted by Gasteiger charge is 2.38. The maximum absolute atomic E-state index is 12.4. The van der Waals surface area contributed by atoms with E-state index >= 15 is 0 Å². The molecule has 4 heteroatoms. The van der Waals surface area contributed by atoms with Gasteiger partial charge in [-0.05, 0) is 31.8 Å². The second-order valence-electron chi connectivity index (χ2n) is 6.39. The first-order chi connectivity index (χ1) is 7.90. The van der Waals surface area contributed by atoms with Gasteiger partial charge in [-0.25, -0.2) is 0 Å². The summed E-state index contributed by atoms with van der Waals surface area (Å²) in [6, 6.07) is 0.220. The van der Waals surface area contributed by atoms with Crippen LogP contribution in [-0.2, 0) is 4.79 Å². The van der Waals surface area contributed by atoms with E-state index in [4.69, 9.17) is 5.73 Å². The van der Waals surface area contributed by atoms with Crippen molar-refractivity contribution >= 4 is 5.91 Å². The summed E-state index contributed by atoms with van der Waals surface area (Å²) < 4.78 is 0. The van der Waals surface area contributed by atoms with E-state index in [2.05, 4.69) is 25.8 Å². The number of piperidine rings is 1. The van der Waals surface area contributed by atoms with E-state index in [0.717, 1.165) is 39.0 Å². The van der Waals surface area contributed by atoms with Gasteiger partial charge in [0, 0.05) is 25.7 Å². The number of hydrogen-bond acceptors (Lipinski definition) is 3. The Morgan fingerprint density at radius 2 is 2.00 bits per heavy atom. The summed E-state index contributed by atoms with van der Waals surface area (Å²) >= 11 is 0. The SMILES string of the molecule is CN1CCC(C(=O)N2CCC(N)C(C)(C)C2)C1. The van der Waals surface area contributed by atoms with Crippen LogP contribution >= 0.6 is 0 Å². The summed E-state index contributed by atoms with van der Waals surface area (Å²) in [4.78, 5) is 16.7. The fourth-order valence-electron chi connectivity index (χ4n) is 2.96. The molecule has 0 radical (unpaired) electrons. The maximum Gasteiger partial charge on any atom is 0.227 e. The molecule has 2 fully saturated rings. The first-order valence-electron chi connectivity index (χ1n) is 6.63. The molecule has 2 heterocycles. The Morgan fingerprint density at radius 3 is 2.53 bits per heavy atom. The van der Waals surface area contributed by atoms with Crippen LogP contribution in [0.3, 0.4) is 0 Å². The van der Waals surface area contributed by atoms with Gasteiger partial charge in [0.25, 0.3) is 0 Å². The van der Waals surface area contributed by atoms with Crippen molar-refractivity contribution in [2.24, 2.45) is 17.1 Å². The van der Waals surface area contributed by atoms with Crippen molar-refractivity contribution in [1.29, 1.82) is 0 Å². The van der Waals surface area contributed by atoms with Gasteiger partial charge < -0.3 is 15.5 Å². The number of amides is 1. The summed E-state index contributed by atoms with van der Waals surface area (Å²) in [6.07, 6.45) is 1.94. The summed E-state index contributed by atoms with van der Waals surface area (Å²) in [5.74, 6) is 0.555. The second kappa shape index (κ2) is 4.58. The number of hydrogen-bond donors (Lipinski definition) is 1. The van der Waals surface area contributed by atoms with Crippen molar-refractivity contribution < 1.29 is 4.79 Å². The number of nitrogens with zero attached hydrogens (tertiary/aromatic N) is 2. The molecule has 2 unspecified atom stereocenters. The predicted molar refractivity (Wildman–Crippen MR) is 68.6 cm³/mol. The van der Waals surface area contributed by atoms with Crippen LogP contribution in [0, 0.1) is 11.3 Å². The van der Waals surface area contributed by atoms with Gasteiger partial charge in [-0.1, -0.05) is 13.8 Å². The van der Waals surface area contributed by atoms with Gasteiger partial charge in [-0.15, -0.1) is 0 Å². The molecular formula is C13H25N3O. The lowest BCUT2D eigenvalue weighted by atomic mass is 9.79. The van der Waals surface area contributed by atoms with Gasteiger partial charge in [0.15, 0.2) is 0 Å². The minimum absolute atomic E-state index is 0.0540. The largest absolute Gasteiger partial charge is 0.342 e. The second-order valence-corrected chi connectivity index (χ2v) is 6.39. The molecule has 2 rings (SSSR count). The van der Waals surface area contributed by atoms with Crippen LogP contribution in [0.2, 0.25) is 0 Å². The molecule has 2 N–H and O–H groups in total. The number of rotatable bonds is 1. The molecule has 4 nitrogen and oxygen atoms in total. The monoisotopic (exact) mass is 239 g/mol. The van der Waals surface area contributed by atoms with E-state index in [1.54, 1.807) is 0 Å². The quantitative estimate of drug-likeness (QED) is 0.726. The minimum atomic E-state index is 0.0540. The molecule has 0 saturated carbocycles. The number of carbonyl (C=O) groups is 1. The average Bonchev–Trinajstić information content (AvgIpc) is 2.68. The van der Waals surface area contributed by atoms with Crippen LogP contribution in [0.5, 0.6) is 0 Å². The highest BCUT2D eigenvalue weighted by Crippen LogP contribution is 2.29. The Morgan fingerprint density at radius 1 is 1.29 bits per heavy atom. The summed E-state index contributed by atoms with van der Waals surface area (Å²) in [7, 11) is 2.09. The Bertz CT molecular complexity index is 303. The smallest absolute Gasteiger partial charge is 0.227 e. The zero-order chi connectivity index (χ0) is 12.6. The standard InChI is InChI=1S/C13H25N3O/c1-13(2)9-16(7-5-11(13)14)12(17)10-4-6-15(3)8-10/h10-11H,4-9,14H2,1-3H3. The molecule has 0 aromatic heterocycles. The summed E-state index contributed by atoms with van der Waals surface area (Å²) in [5, 5.41) is 0. The van der Waals surface area contributed by atoms with E-state index in [1.165, 1.54) is 0 Å². The van der Waals surface area contributed by atoms with Crippen LogP contribution in [0.15, 0.2) is 0 Å². The molecular weight excluding hydrogens is 214 g/mol. The van der Waals surface area contributed by atoms with Crippen molar-refractivity contribution in [3.05, 3.63) is 0 Å². The van der Waals surface area contributed by atoms with Crippen LogP contribution in [0.1, 0.15) is 26.7 Å². The number of nitrogens with two attached hydrogens (primary N) is 1. The van der Waals surface area contributed by atoms with E-state index in [1.807, 2.05) is 4.90 Å². The topological polar surface area (TPSA) is 49.6 Å². The van der Waals surface area contributed by atoms with Crippen LogP contribution in [0.25, 0.3) is 0 Å². The summed E-state index contributed by atoms with van der Waals surface area (Å²) in [6.45, 7) is 7.95. The van der Waals surface area contributed by atoms with Gasteiger partial charge in [0.05, 0.1) is 5.92 Å². The van der Waals surface area contributed by atoms with Gasteiger partial charge in [0.1, 0.15) is 0 Å². The maximum atomic E-state index is 12.4. The molecule has 2 aliphatic heterocycles. The first-order valence-corrected chi connectivity index (χ1v) is 6.63. The third kappa shape index (κ3) is 2.63. The average molecular weight is 239 g/mol. The van der Waals surface area contributed by atoms with E-state index < -0.39 is 0 Å². The highest BCUT2D eigenvalue weighted by atomic mass is 16.2. The molecule has 2 aliphatic rings. The lowest BCUT2D eigenvalue weighted by Crippen LogP contribution is -2.55. The van der Waals surface area contributed by atoms with Crippen LogP contribution in [0.4, 0.5) is 0 Å². The minimum Gasteiger partial charge on any atom is -0.342 e. The van der Waals surface area contributed by atoms with Crippen LogP contribution in [-0.4, -0.2) is 55.0 Å². The molecule has 1 amide bonds. The van der Waals surface area contributed by atoms with E-state index in [9.17, 15) is 4.79 Å². The molecule has 98 valence electrons. The number of carbonyl (C=O) groups excluding carboxylic acids is 1. The van der Waals surface area contributed by atoms with Crippen molar-refractivity contribution in [1.82, 2.24) is 9.80 Å². The third-order valence-corrected chi connectivity index (χ3v) is 4.36. The Kier molecular flexibility index (Phi) is 3.46. The van der Waals surface area contributed by atoms with E-state index in [-0.39, 0.29) is 17.4 Å². The molecule has 0 bridgehead atoms. The van der Waals surface area contributed by atoms with Gasteiger partial charge in [-0.3, -0.25) is 4.79 Å². The fraction of sp³-hybridized carbons (Fsp3) is 0.923. The lowest BCUT2D eigenvalue weighted by molar-refractivity contribution is -0.138. The lowest BCUT2D eigenvalue weighted by Gasteiger charge is -2.43. The zero-order valence-electron chi connectivity index (χ0n) is 11.3. The fourth-order valence-corrected chi connectivity index (χ4v) is 2.96. The molecule has 2 atom stereocenters. The van der Waals surface area contributed by atoms with Gasteiger partial charge in [0.2, 0.25) is 5.91 Å². The Balaban J connectivity index is 1.97. The third-order valence-electron chi connectivity index (χ3n) is 4.36. The number of likely N-dealkylation sites (tertiary alicyclic amines) is 2. The zero-order valence-corrected chi connectivity index (χ0v) is 11.3. The normalized spacial score (nSPS) is 34.0. The van der Waals surface area contributed by atoms with Crippen molar-refractivity contribution in [3.8, 4) is 0 Å². The molecule has 2 saturated heterocycles. The van der Waals surface area contributed by atoms with Crippen molar-refractivity contribution in [3.63, 3.8) is 0 Å². The van der Waals surface area contributed by atoms with Gasteiger partial charge in [-0.2, -0.15) is 0 Å². The molecule has 0 aromatic carbocycles. The van der Waals surface area contributed by atoms with Crippen molar-refractivity contribution in [2.45, 2.75) is 32.7 Å². The molecule has 0 aromatic rings. The first kappa shape index (κ1) is 12.8. The highest BCUT2D eigenvalue weighted by molar-refractivity contribution is 5.79. The predicted octanol–water partition coefficient (Wildman–Crippen LogP) is 0.524. The van der Waals surface area contributed by atoms with E-state index in [0.29, 0.717) is 5.91 Å². The molecule has 0 spiro atoms. The van der Waals surface area contributed by atoms with Crippen molar-refractivity contribution in [2.75, 3.05) is 33.2 Å². The Hall–Kier alpha value is -0.610. The van der Waals surface area contributed by atoms with Gasteiger partial charge >= 0.3 is 0 Å².